The molecule has 0 spiro atoms. The third-order valence-corrected chi connectivity index (χ3v) is 5.80. The largest absolute Gasteiger partial charge is 0.391 e. The van der Waals surface area contributed by atoms with Crippen molar-refractivity contribution in [3.05, 3.63) is 53.6 Å². The van der Waals surface area contributed by atoms with Gasteiger partial charge in [0.15, 0.2) is 0 Å². The van der Waals surface area contributed by atoms with Gasteiger partial charge in [-0.1, -0.05) is 11.6 Å². The Morgan fingerprint density at radius 2 is 1.53 bits per heavy atom. The molecule has 4 rings (SSSR count). The van der Waals surface area contributed by atoms with Crippen LogP contribution in [0.4, 0.5) is 21.9 Å². The molecule has 2 fully saturated rings. The van der Waals surface area contributed by atoms with Gasteiger partial charge in [0.25, 0.3) is 0 Å². The van der Waals surface area contributed by atoms with Crippen molar-refractivity contribution in [2.24, 2.45) is 0 Å². The summed E-state index contributed by atoms with van der Waals surface area (Å²) in [5.74, 6) is -0.313. The normalized spacial score (nSPS) is 21.0. The number of rotatable bonds is 4. The molecule has 0 aromatic heterocycles. The molecule has 0 bridgehead atoms. The Morgan fingerprint density at radius 1 is 0.933 bits per heavy atom. The molecule has 0 radical (unpaired) electrons. The molecule has 158 valence electrons. The number of likely N-dealkylation sites (tertiary alicyclic amines) is 1. The lowest BCUT2D eigenvalue weighted by Gasteiger charge is -2.24. The van der Waals surface area contributed by atoms with Crippen molar-refractivity contribution >= 4 is 40.6 Å². The number of amides is 3. The minimum atomic E-state index is -0.745. The Hall–Kier alpha value is -2.77. The quantitative estimate of drug-likeness (QED) is 0.695. The fourth-order valence-electron chi connectivity index (χ4n) is 3.97. The van der Waals surface area contributed by atoms with Crippen LogP contribution in [0.3, 0.4) is 0 Å². The maximum Gasteiger partial charge on any atom is 0.322 e. The van der Waals surface area contributed by atoms with Crippen LogP contribution < -0.4 is 15.5 Å². The van der Waals surface area contributed by atoms with Gasteiger partial charge in [0.05, 0.1) is 6.10 Å². The zero-order valence-corrected chi connectivity index (χ0v) is 17.3. The predicted octanol–water partition coefficient (Wildman–Crippen LogP) is 3.55. The number of aliphatic hydroxyl groups is 1. The second-order valence-corrected chi connectivity index (χ2v) is 8.16. The zero-order chi connectivity index (χ0) is 21.1. The summed E-state index contributed by atoms with van der Waals surface area (Å²) < 4.78 is 0. The minimum absolute atomic E-state index is 0.103. The molecule has 2 aliphatic rings. The molecule has 30 heavy (non-hydrogen) atoms. The van der Waals surface area contributed by atoms with E-state index in [1.54, 1.807) is 24.3 Å². The number of hydrogen-bond donors (Lipinski definition) is 3. The van der Waals surface area contributed by atoms with E-state index in [9.17, 15) is 14.7 Å². The fourth-order valence-corrected chi connectivity index (χ4v) is 4.10. The van der Waals surface area contributed by atoms with Crippen molar-refractivity contribution in [2.75, 3.05) is 35.2 Å². The van der Waals surface area contributed by atoms with Crippen LogP contribution in [0, 0.1) is 0 Å². The van der Waals surface area contributed by atoms with E-state index in [0.29, 0.717) is 16.4 Å². The summed E-state index contributed by atoms with van der Waals surface area (Å²) in [4.78, 5) is 29.2. The van der Waals surface area contributed by atoms with Gasteiger partial charge in [0.2, 0.25) is 5.91 Å². The molecule has 0 saturated carbocycles. The van der Waals surface area contributed by atoms with Crippen LogP contribution in [0.1, 0.15) is 19.3 Å². The highest BCUT2D eigenvalue weighted by Crippen LogP contribution is 2.24. The lowest BCUT2D eigenvalue weighted by atomic mass is 10.1. The molecule has 2 atom stereocenters. The van der Waals surface area contributed by atoms with E-state index in [0.717, 1.165) is 18.8 Å². The highest BCUT2D eigenvalue weighted by atomic mass is 35.5. The van der Waals surface area contributed by atoms with Gasteiger partial charge < -0.3 is 25.5 Å². The summed E-state index contributed by atoms with van der Waals surface area (Å²) in [7, 11) is 0. The monoisotopic (exact) mass is 428 g/mol. The number of β-amino-alcohol motifs (C(OH)–C–C–N with tert-alkyl or cyclic N) is 1. The van der Waals surface area contributed by atoms with Crippen LogP contribution >= 0.6 is 11.6 Å². The maximum atomic E-state index is 12.8. The molecule has 2 saturated heterocycles. The number of urea groups is 1. The van der Waals surface area contributed by atoms with E-state index in [1.165, 1.54) is 17.7 Å². The number of halogens is 1. The number of anilines is 3. The molecule has 2 heterocycles. The second kappa shape index (κ2) is 8.93. The fraction of sp³-hybridized carbons (Fsp3) is 0.364. The van der Waals surface area contributed by atoms with Crippen molar-refractivity contribution in [1.82, 2.24) is 4.90 Å². The average molecular weight is 429 g/mol. The standard InChI is InChI=1S/C22H25ClN4O3/c23-15-3-5-17(6-4-15)25-22(30)27-14-19(28)13-20(27)21(29)24-16-7-9-18(10-8-16)26-11-1-2-12-26/h3-10,19-20,28H,1-2,11-14H2,(H,24,29)(H,25,30)/t19-,20-/m1/s1. The third-order valence-electron chi connectivity index (χ3n) is 5.54. The first-order valence-corrected chi connectivity index (χ1v) is 10.5. The van der Waals surface area contributed by atoms with Crippen molar-refractivity contribution in [2.45, 2.75) is 31.4 Å². The average Bonchev–Trinajstić information content (AvgIpc) is 3.40. The van der Waals surface area contributed by atoms with Gasteiger partial charge in [-0.3, -0.25) is 4.79 Å². The van der Waals surface area contributed by atoms with Crippen LogP contribution in [0.2, 0.25) is 5.02 Å². The van der Waals surface area contributed by atoms with E-state index in [-0.39, 0.29) is 18.9 Å². The lowest BCUT2D eigenvalue weighted by Crippen LogP contribution is -2.45. The Bertz CT molecular complexity index is 898. The van der Waals surface area contributed by atoms with Gasteiger partial charge in [0.1, 0.15) is 6.04 Å². The summed E-state index contributed by atoms with van der Waals surface area (Å²) >= 11 is 5.87. The van der Waals surface area contributed by atoms with E-state index in [1.807, 2.05) is 24.3 Å². The highest BCUT2D eigenvalue weighted by molar-refractivity contribution is 6.30. The van der Waals surface area contributed by atoms with Gasteiger partial charge in [-0.2, -0.15) is 0 Å². The van der Waals surface area contributed by atoms with E-state index in [4.69, 9.17) is 11.6 Å². The first-order valence-electron chi connectivity index (χ1n) is 10.2. The van der Waals surface area contributed by atoms with Crippen molar-refractivity contribution in [3.63, 3.8) is 0 Å². The van der Waals surface area contributed by atoms with E-state index < -0.39 is 18.2 Å². The van der Waals surface area contributed by atoms with E-state index >= 15 is 0 Å². The summed E-state index contributed by atoms with van der Waals surface area (Å²) in [5, 5.41) is 16.3. The molecule has 2 aliphatic heterocycles. The van der Waals surface area contributed by atoms with Crippen LogP contribution in [-0.2, 0) is 4.79 Å². The summed E-state index contributed by atoms with van der Waals surface area (Å²) in [6.07, 6.45) is 1.87. The first-order chi connectivity index (χ1) is 14.5. The van der Waals surface area contributed by atoms with Crippen LogP contribution in [-0.4, -0.2) is 53.7 Å². The van der Waals surface area contributed by atoms with Crippen molar-refractivity contribution < 1.29 is 14.7 Å². The Labute approximate surface area is 180 Å². The number of benzene rings is 2. The number of carbonyl (C=O) groups excluding carboxylic acids is 2. The van der Waals surface area contributed by atoms with Crippen molar-refractivity contribution in [1.29, 1.82) is 0 Å². The number of nitrogens with zero attached hydrogens (tertiary/aromatic N) is 2. The van der Waals surface area contributed by atoms with Crippen LogP contribution in [0.15, 0.2) is 48.5 Å². The topological polar surface area (TPSA) is 84.9 Å². The third kappa shape index (κ3) is 4.68. The maximum absolute atomic E-state index is 12.8. The molecular formula is C22H25ClN4O3. The number of nitrogens with one attached hydrogen (secondary N) is 2. The summed E-state index contributed by atoms with van der Waals surface area (Å²) in [5.41, 5.74) is 2.38. The Balaban J connectivity index is 1.40. The molecule has 3 amide bonds. The van der Waals surface area contributed by atoms with Gasteiger partial charge in [-0.05, 0) is 61.4 Å². The Kier molecular flexibility index (Phi) is 6.11. The second-order valence-electron chi connectivity index (χ2n) is 7.73. The molecule has 3 N–H and O–H groups in total. The smallest absolute Gasteiger partial charge is 0.322 e. The number of carbonyl (C=O) groups is 2. The molecule has 0 unspecified atom stereocenters. The highest BCUT2D eigenvalue weighted by Gasteiger charge is 2.39. The summed E-state index contributed by atoms with van der Waals surface area (Å²) in [6, 6.07) is 13.3. The SMILES string of the molecule is O=C(Nc1ccc(N2CCCC2)cc1)[C@H]1C[C@@H](O)CN1C(=O)Nc1ccc(Cl)cc1. The molecule has 8 heteroatoms. The summed E-state index contributed by atoms with van der Waals surface area (Å²) in [6.45, 7) is 2.22. The van der Waals surface area contributed by atoms with Gasteiger partial charge in [0, 0.05) is 48.1 Å². The number of aliphatic hydroxyl groups excluding tert-OH is 1. The van der Waals surface area contributed by atoms with Gasteiger partial charge >= 0.3 is 6.03 Å². The Morgan fingerprint density at radius 3 is 2.20 bits per heavy atom. The molecule has 2 aromatic carbocycles. The molecule has 0 aliphatic carbocycles. The number of hydrogen-bond acceptors (Lipinski definition) is 4. The molecule has 7 nitrogen and oxygen atoms in total. The van der Waals surface area contributed by atoms with Gasteiger partial charge in [-0.15, -0.1) is 0 Å². The van der Waals surface area contributed by atoms with Crippen molar-refractivity contribution in [3.8, 4) is 0 Å². The molecular weight excluding hydrogens is 404 g/mol. The zero-order valence-electron chi connectivity index (χ0n) is 16.6. The van der Waals surface area contributed by atoms with Crippen LogP contribution in [0.25, 0.3) is 0 Å². The van der Waals surface area contributed by atoms with Gasteiger partial charge in [-0.25, -0.2) is 4.79 Å². The molecule has 2 aromatic rings. The lowest BCUT2D eigenvalue weighted by molar-refractivity contribution is -0.119. The predicted molar refractivity (Wildman–Crippen MR) is 118 cm³/mol. The van der Waals surface area contributed by atoms with Crippen LogP contribution in [0.5, 0.6) is 0 Å². The minimum Gasteiger partial charge on any atom is -0.391 e. The van der Waals surface area contributed by atoms with E-state index in [2.05, 4.69) is 15.5 Å². The first kappa shape index (κ1) is 20.5.